The first-order chi connectivity index (χ1) is 12.6. The van der Waals surface area contributed by atoms with Crippen molar-refractivity contribution in [1.29, 1.82) is 0 Å². The summed E-state index contributed by atoms with van der Waals surface area (Å²) >= 11 is 0. The third kappa shape index (κ3) is 4.10. The molecular weight excluding hydrogens is 326 g/mol. The number of methoxy groups -OCH3 is 1. The van der Waals surface area contributed by atoms with Crippen molar-refractivity contribution in [1.82, 2.24) is 4.90 Å². The van der Waals surface area contributed by atoms with Gasteiger partial charge in [0.25, 0.3) is 0 Å². The zero-order valence-electron chi connectivity index (χ0n) is 15.7. The van der Waals surface area contributed by atoms with E-state index >= 15 is 0 Å². The Kier molecular flexibility index (Phi) is 5.66. The Morgan fingerprint density at radius 2 is 1.65 bits per heavy atom. The van der Waals surface area contributed by atoms with Crippen molar-refractivity contribution in [2.24, 2.45) is 0 Å². The van der Waals surface area contributed by atoms with E-state index in [0.29, 0.717) is 19.0 Å². The highest BCUT2D eigenvalue weighted by molar-refractivity contribution is 5.89. The summed E-state index contributed by atoms with van der Waals surface area (Å²) in [5.74, 6) is 1.36. The van der Waals surface area contributed by atoms with Crippen LogP contribution >= 0.6 is 0 Å². The van der Waals surface area contributed by atoms with Gasteiger partial charge >= 0.3 is 6.03 Å². The van der Waals surface area contributed by atoms with E-state index in [1.54, 1.807) is 7.11 Å². The van der Waals surface area contributed by atoms with Crippen LogP contribution in [0.1, 0.15) is 25.3 Å². The molecule has 1 N–H and O–H groups in total. The van der Waals surface area contributed by atoms with E-state index in [0.717, 1.165) is 30.2 Å². The topological polar surface area (TPSA) is 44.8 Å². The number of nitrogens with zero attached hydrogens (tertiary/aromatic N) is 2. The van der Waals surface area contributed by atoms with Gasteiger partial charge in [0.05, 0.1) is 12.8 Å². The van der Waals surface area contributed by atoms with Gasteiger partial charge in [-0.3, -0.25) is 0 Å². The molecule has 2 aromatic carbocycles. The number of hydrogen-bond donors (Lipinski definition) is 1. The first-order valence-electron chi connectivity index (χ1n) is 9.12. The van der Waals surface area contributed by atoms with Gasteiger partial charge in [0.1, 0.15) is 5.75 Å². The number of para-hydroxylation sites is 2. The molecule has 1 fully saturated rings. The molecule has 0 saturated carbocycles. The predicted octanol–water partition coefficient (Wildman–Crippen LogP) is 4.17. The van der Waals surface area contributed by atoms with Crippen LogP contribution in [0.15, 0.2) is 48.5 Å². The average molecular weight is 353 g/mol. The molecule has 26 heavy (non-hydrogen) atoms. The number of hydrogen-bond acceptors (Lipinski definition) is 3. The molecule has 1 aliphatic heterocycles. The molecule has 0 aromatic heterocycles. The van der Waals surface area contributed by atoms with Gasteiger partial charge < -0.3 is 19.9 Å². The fourth-order valence-corrected chi connectivity index (χ4v) is 3.20. The molecule has 0 atom stereocenters. The Morgan fingerprint density at radius 3 is 2.27 bits per heavy atom. The van der Waals surface area contributed by atoms with E-state index in [-0.39, 0.29) is 6.03 Å². The minimum atomic E-state index is -0.0398. The third-order valence-corrected chi connectivity index (χ3v) is 4.82. The van der Waals surface area contributed by atoms with Gasteiger partial charge in [0, 0.05) is 31.9 Å². The fraction of sp³-hybridized carbons (Fsp3) is 0.381. The van der Waals surface area contributed by atoms with Gasteiger partial charge in [0.2, 0.25) is 0 Å². The van der Waals surface area contributed by atoms with Crippen molar-refractivity contribution >= 4 is 17.4 Å². The number of ether oxygens (including phenoxy) is 1. The Balaban J connectivity index is 1.56. The number of nitrogens with one attached hydrogen (secondary N) is 1. The van der Waals surface area contributed by atoms with E-state index in [1.807, 2.05) is 35.2 Å². The minimum absolute atomic E-state index is 0.0398. The molecule has 2 amide bonds. The molecule has 1 aliphatic rings. The van der Waals surface area contributed by atoms with Gasteiger partial charge in [-0.15, -0.1) is 0 Å². The monoisotopic (exact) mass is 353 g/mol. The van der Waals surface area contributed by atoms with Crippen LogP contribution in [-0.2, 0) is 0 Å². The van der Waals surface area contributed by atoms with E-state index in [1.165, 1.54) is 5.56 Å². The van der Waals surface area contributed by atoms with Crippen LogP contribution < -0.4 is 15.0 Å². The largest absolute Gasteiger partial charge is 0.495 e. The van der Waals surface area contributed by atoms with Crippen LogP contribution in [0.25, 0.3) is 0 Å². The van der Waals surface area contributed by atoms with Crippen LogP contribution in [0, 0.1) is 0 Å². The van der Waals surface area contributed by atoms with Gasteiger partial charge in [-0.2, -0.15) is 0 Å². The normalized spacial score (nSPS) is 14.5. The molecule has 0 spiro atoms. The minimum Gasteiger partial charge on any atom is -0.495 e. The maximum Gasteiger partial charge on any atom is 0.321 e. The molecule has 0 radical (unpaired) electrons. The van der Waals surface area contributed by atoms with E-state index < -0.39 is 0 Å². The van der Waals surface area contributed by atoms with Gasteiger partial charge in [-0.05, 0) is 35.7 Å². The zero-order valence-corrected chi connectivity index (χ0v) is 15.7. The lowest BCUT2D eigenvalue weighted by Crippen LogP contribution is -2.50. The molecule has 138 valence electrons. The molecule has 0 bridgehead atoms. The molecule has 0 unspecified atom stereocenters. The quantitative estimate of drug-likeness (QED) is 0.897. The Labute approximate surface area is 155 Å². The lowest BCUT2D eigenvalue weighted by atomic mass is 10.0. The molecule has 3 rings (SSSR count). The highest BCUT2D eigenvalue weighted by Crippen LogP contribution is 2.28. The standard InChI is InChI=1S/C21H27N3O2/c1-16(2)17-8-10-18(11-9-17)22-21(25)24-14-12-23(13-15-24)19-6-4-5-7-20(19)26-3/h4-11,16H,12-15H2,1-3H3,(H,22,25). The number of anilines is 2. The molecule has 5 heteroatoms. The molecule has 2 aromatic rings. The number of carbonyl (C=O) groups is 1. The summed E-state index contributed by atoms with van der Waals surface area (Å²) in [6.45, 7) is 7.28. The average Bonchev–Trinajstić information content (AvgIpc) is 2.68. The summed E-state index contributed by atoms with van der Waals surface area (Å²) in [7, 11) is 1.69. The summed E-state index contributed by atoms with van der Waals surface area (Å²) in [4.78, 5) is 16.7. The number of rotatable bonds is 4. The second-order valence-electron chi connectivity index (χ2n) is 6.85. The smallest absolute Gasteiger partial charge is 0.321 e. The van der Waals surface area contributed by atoms with Crippen LogP contribution in [0.4, 0.5) is 16.2 Å². The molecule has 0 aliphatic carbocycles. The Hall–Kier alpha value is -2.69. The Bertz CT molecular complexity index is 735. The van der Waals surface area contributed by atoms with Gasteiger partial charge in [-0.1, -0.05) is 38.1 Å². The maximum atomic E-state index is 12.5. The zero-order chi connectivity index (χ0) is 18.5. The first kappa shape index (κ1) is 18.1. The van der Waals surface area contributed by atoms with Crippen molar-refractivity contribution in [3.05, 3.63) is 54.1 Å². The summed E-state index contributed by atoms with van der Waals surface area (Å²) in [6, 6.07) is 16.0. The first-order valence-corrected chi connectivity index (χ1v) is 9.12. The highest BCUT2D eigenvalue weighted by Gasteiger charge is 2.22. The van der Waals surface area contributed by atoms with E-state index in [9.17, 15) is 4.79 Å². The molecule has 1 heterocycles. The van der Waals surface area contributed by atoms with Crippen molar-refractivity contribution in [3.63, 3.8) is 0 Å². The number of carbonyl (C=O) groups excluding carboxylic acids is 1. The highest BCUT2D eigenvalue weighted by atomic mass is 16.5. The lowest BCUT2D eigenvalue weighted by Gasteiger charge is -2.36. The summed E-state index contributed by atoms with van der Waals surface area (Å²) in [6.07, 6.45) is 0. The van der Waals surface area contributed by atoms with Crippen LogP contribution in [0.3, 0.4) is 0 Å². The molecular formula is C21H27N3O2. The van der Waals surface area contributed by atoms with Crippen LogP contribution in [0.2, 0.25) is 0 Å². The number of amides is 2. The van der Waals surface area contributed by atoms with Crippen molar-refractivity contribution < 1.29 is 9.53 Å². The lowest BCUT2D eigenvalue weighted by molar-refractivity contribution is 0.208. The van der Waals surface area contributed by atoms with Crippen LogP contribution in [0.5, 0.6) is 5.75 Å². The van der Waals surface area contributed by atoms with Crippen LogP contribution in [-0.4, -0.2) is 44.2 Å². The van der Waals surface area contributed by atoms with Gasteiger partial charge in [0.15, 0.2) is 0 Å². The number of benzene rings is 2. The summed E-state index contributed by atoms with van der Waals surface area (Å²) < 4.78 is 5.44. The maximum absolute atomic E-state index is 12.5. The van der Waals surface area contributed by atoms with E-state index in [4.69, 9.17) is 4.74 Å². The summed E-state index contributed by atoms with van der Waals surface area (Å²) in [5.41, 5.74) is 3.19. The van der Waals surface area contributed by atoms with Crippen molar-refractivity contribution in [2.75, 3.05) is 43.5 Å². The molecule has 1 saturated heterocycles. The Morgan fingerprint density at radius 1 is 1.00 bits per heavy atom. The number of piperazine rings is 1. The SMILES string of the molecule is COc1ccccc1N1CCN(C(=O)Nc2ccc(C(C)C)cc2)CC1. The summed E-state index contributed by atoms with van der Waals surface area (Å²) in [5, 5.41) is 3.00. The van der Waals surface area contributed by atoms with E-state index in [2.05, 4.69) is 42.3 Å². The molecule has 5 nitrogen and oxygen atoms in total. The predicted molar refractivity (Wildman–Crippen MR) is 106 cm³/mol. The second kappa shape index (κ2) is 8.13. The van der Waals surface area contributed by atoms with Crippen molar-refractivity contribution in [3.8, 4) is 5.75 Å². The van der Waals surface area contributed by atoms with Crippen molar-refractivity contribution in [2.45, 2.75) is 19.8 Å². The fourth-order valence-electron chi connectivity index (χ4n) is 3.20. The van der Waals surface area contributed by atoms with Gasteiger partial charge in [-0.25, -0.2) is 4.79 Å². The number of urea groups is 1. The third-order valence-electron chi connectivity index (χ3n) is 4.82. The second-order valence-corrected chi connectivity index (χ2v) is 6.85.